The molecule has 1 saturated heterocycles. The molecule has 1 unspecified atom stereocenters. The highest BCUT2D eigenvalue weighted by atomic mass is 16.5. The molecule has 1 saturated carbocycles. The van der Waals surface area contributed by atoms with E-state index in [1.165, 1.54) is 61.6 Å². The summed E-state index contributed by atoms with van der Waals surface area (Å²) in [5, 5.41) is 11.0. The Hall–Kier alpha value is -3.03. The minimum absolute atomic E-state index is 0.342. The van der Waals surface area contributed by atoms with Gasteiger partial charge in [0.1, 0.15) is 6.61 Å². The molecule has 7 nitrogen and oxygen atoms in total. The number of carboxylic acids is 1. The summed E-state index contributed by atoms with van der Waals surface area (Å²) in [4.78, 5) is 17.0. The van der Waals surface area contributed by atoms with Gasteiger partial charge in [0.05, 0.1) is 30.1 Å². The highest BCUT2D eigenvalue weighted by Gasteiger charge is 2.31. The second-order valence-corrected chi connectivity index (χ2v) is 12.1. The Kier molecular flexibility index (Phi) is 8.54. The van der Waals surface area contributed by atoms with E-state index in [0.717, 1.165) is 61.8 Å². The van der Waals surface area contributed by atoms with Crippen molar-refractivity contribution in [3.05, 3.63) is 47.5 Å². The van der Waals surface area contributed by atoms with Crippen molar-refractivity contribution in [2.75, 3.05) is 57.9 Å². The fourth-order valence-corrected chi connectivity index (χ4v) is 7.62. The van der Waals surface area contributed by atoms with Crippen LogP contribution < -0.4 is 9.64 Å². The third-order valence-corrected chi connectivity index (χ3v) is 9.59. The van der Waals surface area contributed by atoms with Crippen molar-refractivity contribution in [1.82, 2.24) is 9.47 Å². The van der Waals surface area contributed by atoms with Crippen molar-refractivity contribution in [2.45, 2.75) is 64.3 Å². The number of para-hydroxylation sites is 1. The first kappa shape index (κ1) is 28.1. The average molecular weight is 560 g/mol. The van der Waals surface area contributed by atoms with Crippen LogP contribution in [-0.4, -0.2) is 73.6 Å². The van der Waals surface area contributed by atoms with Crippen LogP contribution in [0.3, 0.4) is 0 Å². The number of nitrogens with zero attached hydrogens (tertiary/aromatic N) is 3. The summed E-state index contributed by atoms with van der Waals surface area (Å²) in [7, 11) is 1.81. The number of aromatic nitrogens is 1. The quantitative estimate of drug-likeness (QED) is 0.317. The third-order valence-electron chi connectivity index (χ3n) is 9.59. The zero-order chi connectivity index (χ0) is 28.3. The minimum Gasteiger partial charge on any atom is -0.489 e. The molecule has 0 amide bonds. The van der Waals surface area contributed by atoms with Crippen molar-refractivity contribution in [3.8, 4) is 17.0 Å². The first-order valence-corrected chi connectivity index (χ1v) is 15.7. The number of likely N-dealkylation sites (tertiary alicyclic amines) is 1. The summed E-state index contributed by atoms with van der Waals surface area (Å²) in [5.41, 5.74) is 6.29. The molecule has 2 aliphatic heterocycles. The predicted molar refractivity (Wildman–Crippen MR) is 165 cm³/mol. The van der Waals surface area contributed by atoms with E-state index in [1.54, 1.807) is 6.07 Å². The van der Waals surface area contributed by atoms with E-state index in [4.69, 9.17) is 9.47 Å². The van der Waals surface area contributed by atoms with E-state index in [0.29, 0.717) is 30.6 Å². The Morgan fingerprint density at radius 3 is 2.73 bits per heavy atom. The highest BCUT2D eigenvalue weighted by molar-refractivity contribution is 5.99. The molecule has 7 heteroatoms. The second-order valence-electron chi connectivity index (χ2n) is 12.1. The third kappa shape index (κ3) is 5.59. The van der Waals surface area contributed by atoms with Gasteiger partial charge in [0.15, 0.2) is 5.75 Å². The van der Waals surface area contributed by atoms with Crippen LogP contribution in [0.15, 0.2) is 36.4 Å². The van der Waals surface area contributed by atoms with E-state index in [9.17, 15) is 9.90 Å². The van der Waals surface area contributed by atoms with Crippen LogP contribution in [0.5, 0.6) is 5.75 Å². The van der Waals surface area contributed by atoms with Crippen molar-refractivity contribution in [1.29, 1.82) is 0 Å². The maximum Gasteiger partial charge on any atom is 0.335 e. The highest BCUT2D eigenvalue weighted by Crippen LogP contribution is 2.49. The van der Waals surface area contributed by atoms with Crippen molar-refractivity contribution in [3.63, 3.8) is 0 Å². The Balaban J connectivity index is 1.39. The molecule has 1 aliphatic carbocycles. The van der Waals surface area contributed by atoms with Gasteiger partial charge in [-0.1, -0.05) is 31.4 Å². The van der Waals surface area contributed by atoms with Crippen LogP contribution in [0.1, 0.15) is 73.7 Å². The predicted octanol–water partition coefficient (Wildman–Crippen LogP) is 6.63. The molecular formula is C34H45N3O4. The number of rotatable bonds is 9. The lowest BCUT2D eigenvalue weighted by atomic mass is 9.81. The van der Waals surface area contributed by atoms with Gasteiger partial charge in [-0.15, -0.1) is 0 Å². The van der Waals surface area contributed by atoms with Gasteiger partial charge >= 0.3 is 5.97 Å². The fraction of sp³-hybridized carbons (Fsp3) is 0.559. The van der Waals surface area contributed by atoms with Crippen molar-refractivity contribution < 1.29 is 19.4 Å². The summed E-state index contributed by atoms with van der Waals surface area (Å²) >= 11 is 0. The number of aromatic carboxylic acids is 1. The molecule has 1 N–H and O–H groups in total. The molecule has 41 heavy (non-hydrogen) atoms. The number of anilines is 1. The van der Waals surface area contributed by atoms with E-state index >= 15 is 0 Å². The zero-order valence-electron chi connectivity index (χ0n) is 24.7. The van der Waals surface area contributed by atoms with E-state index in [1.807, 2.05) is 13.2 Å². The van der Waals surface area contributed by atoms with Gasteiger partial charge in [0.2, 0.25) is 0 Å². The van der Waals surface area contributed by atoms with Gasteiger partial charge < -0.3 is 28.9 Å². The number of carbonyl (C=O) groups is 1. The first-order chi connectivity index (χ1) is 20.1. The van der Waals surface area contributed by atoms with Crippen LogP contribution >= 0.6 is 0 Å². The van der Waals surface area contributed by atoms with Crippen molar-refractivity contribution >= 4 is 22.6 Å². The number of carboxylic acid groups (broad SMARTS) is 1. The lowest BCUT2D eigenvalue weighted by Crippen LogP contribution is -2.42. The summed E-state index contributed by atoms with van der Waals surface area (Å²) in [6.45, 7) is 9.51. The van der Waals surface area contributed by atoms with Crippen LogP contribution in [0.2, 0.25) is 0 Å². The van der Waals surface area contributed by atoms with Gasteiger partial charge in [0, 0.05) is 49.8 Å². The Bertz CT molecular complexity index is 1370. The summed E-state index contributed by atoms with van der Waals surface area (Å²) < 4.78 is 14.4. The number of fused-ring (bicyclic) bond motifs is 5. The summed E-state index contributed by atoms with van der Waals surface area (Å²) in [6, 6.07) is 12.3. The van der Waals surface area contributed by atoms with Gasteiger partial charge in [0.25, 0.3) is 0 Å². The molecular weight excluding hydrogens is 514 g/mol. The SMILES string of the molecule is CCN(CCN1CCCC(COC)C1)c1cccc2c1OCCn1c-2c(C2CCCCC2)c2ccc(C(=O)O)cc21. The number of methoxy groups -OCH3 is 1. The van der Waals surface area contributed by atoms with Gasteiger partial charge in [-0.2, -0.15) is 0 Å². The monoisotopic (exact) mass is 559 g/mol. The Morgan fingerprint density at radius 1 is 1.10 bits per heavy atom. The van der Waals surface area contributed by atoms with Gasteiger partial charge in [-0.3, -0.25) is 0 Å². The topological polar surface area (TPSA) is 67.2 Å². The molecule has 1 aromatic heterocycles. The van der Waals surface area contributed by atoms with Crippen LogP contribution in [0.4, 0.5) is 5.69 Å². The van der Waals surface area contributed by atoms with Crippen LogP contribution in [0, 0.1) is 5.92 Å². The summed E-state index contributed by atoms with van der Waals surface area (Å²) in [6.07, 6.45) is 8.66. The zero-order valence-corrected chi connectivity index (χ0v) is 24.7. The number of hydrogen-bond donors (Lipinski definition) is 1. The molecule has 3 aromatic rings. The fourth-order valence-electron chi connectivity index (χ4n) is 7.62. The number of benzene rings is 2. The van der Waals surface area contributed by atoms with Crippen LogP contribution in [0.25, 0.3) is 22.2 Å². The molecule has 2 fully saturated rings. The lowest BCUT2D eigenvalue weighted by molar-refractivity contribution is 0.0697. The smallest absolute Gasteiger partial charge is 0.335 e. The largest absolute Gasteiger partial charge is 0.489 e. The van der Waals surface area contributed by atoms with Crippen LogP contribution in [-0.2, 0) is 11.3 Å². The second kappa shape index (κ2) is 12.5. The van der Waals surface area contributed by atoms with E-state index < -0.39 is 5.97 Å². The summed E-state index contributed by atoms with van der Waals surface area (Å²) in [5.74, 6) is 1.20. The lowest BCUT2D eigenvalue weighted by Gasteiger charge is -2.34. The molecule has 0 bridgehead atoms. The molecule has 220 valence electrons. The maximum absolute atomic E-state index is 11.9. The Morgan fingerprint density at radius 2 is 1.95 bits per heavy atom. The van der Waals surface area contributed by atoms with E-state index in [-0.39, 0.29) is 0 Å². The van der Waals surface area contributed by atoms with Crippen molar-refractivity contribution in [2.24, 2.45) is 5.92 Å². The number of piperidine rings is 1. The number of ether oxygens (including phenoxy) is 2. The normalized spacial score (nSPS) is 19.8. The molecule has 0 radical (unpaired) electrons. The number of hydrogen-bond acceptors (Lipinski definition) is 5. The molecule has 3 aliphatic rings. The molecule has 6 rings (SSSR count). The molecule has 2 aromatic carbocycles. The van der Waals surface area contributed by atoms with Gasteiger partial charge in [-0.05, 0) is 80.8 Å². The molecule has 0 spiro atoms. The Labute approximate surface area is 244 Å². The first-order valence-electron chi connectivity index (χ1n) is 15.7. The van der Waals surface area contributed by atoms with Gasteiger partial charge in [-0.25, -0.2) is 4.79 Å². The average Bonchev–Trinajstić information content (AvgIpc) is 3.19. The van der Waals surface area contributed by atoms with E-state index in [2.05, 4.69) is 45.6 Å². The molecule has 3 heterocycles. The minimum atomic E-state index is -0.880. The standard InChI is InChI=1S/C34H45N3O4/c1-3-36(18-17-35-16-8-9-24(22-35)23-40-2)29-13-7-12-28-32-31(25-10-5-4-6-11-25)27-15-14-26(34(38)39)21-30(27)37(32)19-20-41-33(28)29/h7,12-15,21,24-25H,3-6,8-11,16-20,22-23H2,1-2H3,(H,38,39). The maximum atomic E-state index is 11.9. The number of likely N-dealkylation sites (N-methyl/N-ethyl adjacent to an activating group) is 1. The molecule has 1 atom stereocenters.